The van der Waals surface area contributed by atoms with Crippen LogP contribution in [0.4, 0.5) is 0 Å². The van der Waals surface area contributed by atoms with E-state index in [-0.39, 0.29) is 12.5 Å². The van der Waals surface area contributed by atoms with Crippen LogP contribution in [0.15, 0.2) is 30.5 Å². The minimum absolute atomic E-state index is 0.0553. The lowest BCUT2D eigenvalue weighted by Crippen LogP contribution is -2.30. The van der Waals surface area contributed by atoms with Gasteiger partial charge in [-0.25, -0.2) is 4.68 Å². The molecule has 1 unspecified atom stereocenters. The molecule has 0 radical (unpaired) electrons. The number of aromatic nitrogens is 3. The predicted octanol–water partition coefficient (Wildman–Crippen LogP) is 1.30. The van der Waals surface area contributed by atoms with Crippen molar-refractivity contribution in [3.63, 3.8) is 0 Å². The summed E-state index contributed by atoms with van der Waals surface area (Å²) in [6, 6.07) is 7.99. The highest BCUT2D eigenvalue weighted by Crippen LogP contribution is 2.10. The number of aryl methyl sites for hydroxylation is 1. The molecule has 1 N–H and O–H groups in total. The van der Waals surface area contributed by atoms with Crippen LogP contribution in [0.1, 0.15) is 29.8 Å². The van der Waals surface area contributed by atoms with E-state index in [0.717, 1.165) is 11.1 Å². The first kappa shape index (κ1) is 15.2. The minimum atomic E-state index is -0.682. The average Bonchev–Trinajstić information content (AvgIpc) is 2.90. The van der Waals surface area contributed by atoms with Gasteiger partial charge in [0.05, 0.1) is 12.3 Å². The average molecular weight is 288 g/mol. The van der Waals surface area contributed by atoms with Gasteiger partial charge in [0.2, 0.25) is 5.91 Å². The van der Waals surface area contributed by atoms with Crippen molar-refractivity contribution in [2.75, 3.05) is 7.05 Å². The minimum Gasteiger partial charge on any atom is -0.387 e. The van der Waals surface area contributed by atoms with Crippen LogP contribution in [0, 0.1) is 6.92 Å². The monoisotopic (exact) mass is 288 g/mol. The van der Waals surface area contributed by atoms with Crippen LogP contribution >= 0.6 is 0 Å². The molecule has 0 fully saturated rings. The van der Waals surface area contributed by atoms with E-state index in [9.17, 15) is 9.90 Å². The zero-order valence-electron chi connectivity index (χ0n) is 12.5. The highest BCUT2D eigenvalue weighted by molar-refractivity contribution is 5.75. The molecule has 112 valence electrons. The van der Waals surface area contributed by atoms with Crippen LogP contribution in [0.5, 0.6) is 0 Å². The van der Waals surface area contributed by atoms with E-state index < -0.39 is 6.10 Å². The topological polar surface area (TPSA) is 71.2 Å². The van der Waals surface area contributed by atoms with Gasteiger partial charge < -0.3 is 10.0 Å². The SMILES string of the molecule is Cc1ccccc1CN(C)C(=O)Cn1cc(C(C)O)nn1. The number of rotatable bonds is 5. The molecular formula is C15H20N4O2. The van der Waals surface area contributed by atoms with Crippen molar-refractivity contribution in [3.8, 4) is 0 Å². The fraction of sp³-hybridized carbons (Fsp3) is 0.400. The van der Waals surface area contributed by atoms with Crippen molar-refractivity contribution in [2.45, 2.75) is 33.0 Å². The largest absolute Gasteiger partial charge is 0.387 e. The first-order valence-corrected chi connectivity index (χ1v) is 6.84. The smallest absolute Gasteiger partial charge is 0.244 e. The van der Waals surface area contributed by atoms with E-state index in [1.807, 2.05) is 31.2 Å². The molecule has 0 aliphatic heterocycles. The van der Waals surface area contributed by atoms with Gasteiger partial charge in [0.15, 0.2) is 0 Å². The predicted molar refractivity (Wildman–Crippen MR) is 78.3 cm³/mol. The lowest BCUT2D eigenvalue weighted by molar-refractivity contribution is -0.131. The van der Waals surface area contributed by atoms with Gasteiger partial charge in [-0.15, -0.1) is 5.10 Å². The van der Waals surface area contributed by atoms with Crippen LogP contribution in [0.2, 0.25) is 0 Å². The second-order valence-corrected chi connectivity index (χ2v) is 5.19. The zero-order chi connectivity index (χ0) is 15.4. The third-order valence-corrected chi connectivity index (χ3v) is 3.38. The molecule has 1 aromatic heterocycles. The van der Waals surface area contributed by atoms with Crippen molar-refractivity contribution in [1.29, 1.82) is 0 Å². The van der Waals surface area contributed by atoms with Crippen molar-refractivity contribution in [1.82, 2.24) is 19.9 Å². The summed E-state index contributed by atoms with van der Waals surface area (Å²) in [6.07, 6.45) is 0.906. The zero-order valence-corrected chi connectivity index (χ0v) is 12.5. The Morgan fingerprint density at radius 2 is 2.14 bits per heavy atom. The molecule has 6 heteroatoms. The van der Waals surface area contributed by atoms with E-state index in [1.54, 1.807) is 25.1 Å². The van der Waals surface area contributed by atoms with E-state index in [1.165, 1.54) is 4.68 Å². The Morgan fingerprint density at radius 3 is 2.76 bits per heavy atom. The Balaban J connectivity index is 1.97. The van der Waals surface area contributed by atoms with E-state index in [4.69, 9.17) is 0 Å². The summed E-state index contributed by atoms with van der Waals surface area (Å²) in [5.74, 6) is -0.0553. The summed E-state index contributed by atoms with van der Waals surface area (Å²) in [5.41, 5.74) is 2.75. The summed E-state index contributed by atoms with van der Waals surface area (Å²) >= 11 is 0. The Hall–Kier alpha value is -2.21. The van der Waals surface area contributed by atoms with Crippen LogP contribution < -0.4 is 0 Å². The number of nitrogens with zero attached hydrogens (tertiary/aromatic N) is 4. The van der Waals surface area contributed by atoms with Crippen molar-refractivity contribution < 1.29 is 9.90 Å². The number of amides is 1. The molecule has 0 aliphatic rings. The molecule has 1 aromatic carbocycles. The molecule has 6 nitrogen and oxygen atoms in total. The standard InChI is InChI=1S/C15H20N4O2/c1-11-6-4-5-7-13(11)8-18(3)15(21)10-19-9-14(12(2)20)16-17-19/h4-7,9,12,20H,8,10H2,1-3H3. The summed E-state index contributed by atoms with van der Waals surface area (Å²) < 4.78 is 1.44. The summed E-state index contributed by atoms with van der Waals surface area (Å²) in [4.78, 5) is 13.8. The van der Waals surface area contributed by atoms with Gasteiger partial charge in [0.25, 0.3) is 0 Å². The third kappa shape index (κ3) is 3.88. The Morgan fingerprint density at radius 1 is 1.43 bits per heavy atom. The summed E-state index contributed by atoms with van der Waals surface area (Å²) in [6.45, 7) is 4.31. The number of hydrogen-bond acceptors (Lipinski definition) is 4. The summed E-state index contributed by atoms with van der Waals surface area (Å²) in [5, 5.41) is 17.1. The highest BCUT2D eigenvalue weighted by atomic mass is 16.3. The molecule has 1 amide bonds. The second-order valence-electron chi connectivity index (χ2n) is 5.19. The van der Waals surface area contributed by atoms with Gasteiger partial charge in [-0.05, 0) is 25.0 Å². The van der Waals surface area contributed by atoms with Crippen molar-refractivity contribution >= 4 is 5.91 Å². The number of benzene rings is 1. The molecule has 0 saturated heterocycles. The van der Waals surface area contributed by atoms with E-state index in [2.05, 4.69) is 10.3 Å². The Bertz CT molecular complexity index is 622. The lowest BCUT2D eigenvalue weighted by atomic mass is 10.1. The molecule has 0 saturated carbocycles. The second kappa shape index (κ2) is 6.49. The Kier molecular flexibility index (Phi) is 4.70. The molecule has 2 rings (SSSR count). The lowest BCUT2D eigenvalue weighted by Gasteiger charge is -2.18. The Labute approximate surface area is 124 Å². The third-order valence-electron chi connectivity index (χ3n) is 3.38. The maximum Gasteiger partial charge on any atom is 0.244 e. The number of carbonyl (C=O) groups excluding carboxylic acids is 1. The maximum absolute atomic E-state index is 12.2. The molecule has 2 aromatic rings. The van der Waals surface area contributed by atoms with Crippen LogP contribution in [-0.4, -0.2) is 38.0 Å². The molecular weight excluding hydrogens is 268 g/mol. The normalized spacial score (nSPS) is 12.2. The summed E-state index contributed by atoms with van der Waals surface area (Å²) in [7, 11) is 1.77. The highest BCUT2D eigenvalue weighted by Gasteiger charge is 2.13. The first-order chi connectivity index (χ1) is 9.97. The van der Waals surface area contributed by atoms with Crippen LogP contribution in [-0.2, 0) is 17.9 Å². The van der Waals surface area contributed by atoms with Crippen molar-refractivity contribution in [3.05, 3.63) is 47.3 Å². The first-order valence-electron chi connectivity index (χ1n) is 6.84. The number of hydrogen-bond donors (Lipinski definition) is 1. The molecule has 1 atom stereocenters. The molecule has 1 heterocycles. The number of aliphatic hydroxyl groups is 1. The van der Waals surface area contributed by atoms with Gasteiger partial charge in [0.1, 0.15) is 12.2 Å². The van der Waals surface area contributed by atoms with Gasteiger partial charge in [-0.1, -0.05) is 29.5 Å². The fourth-order valence-electron chi connectivity index (χ4n) is 1.97. The molecule has 0 spiro atoms. The fourth-order valence-corrected chi connectivity index (χ4v) is 1.97. The maximum atomic E-state index is 12.2. The number of carbonyl (C=O) groups is 1. The van der Waals surface area contributed by atoms with Crippen LogP contribution in [0.3, 0.4) is 0 Å². The van der Waals surface area contributed by atoms with Crippen molar-refractivity contribution in [2.24, 2.45) is 0 Å². The quantitative estimate of drug-likeness (QED) is 0.900. The molecule has 21 heavy (non-hydrogen) atoms. The van der Waals surface area contributed by atoms with E-state index >= 15 is 0 Å². The van der Waals surface area contributed by atoms with Gasteiger partial charge >= 0.3 is 0 Å². The van der Waals surface area contributed by atoms with Gasteiger partial charge in [-0.2, -0.15) is 0 Å². The molecule has 0 aliphatic carbocycles. The molecule has 0 bridgehead atoms. The van der Waals surface area contributed by atoms with Gasteiger partial charge in [0, 0.05) is 13.6 Å². The number of likely N-dealkylation sites (N-methyl/N-ethyl adjacent to an activating group) is 1. The van der Waals surface area contributed by atoms with E-state index in [0.29, 0.717) is 12.2 Å². The van der Waals surface area contributed by atoms with Gasteiger partial charge in [-0.3, -0.25) is 4.79 Å². The van der Waals surface area contributed by atoms with Crippen LogP contribution in [0.25, 0.3) is 0 Å². The number of aliphatic hydroxyl groups excluding tert-OH is 1.